The number of hydrogen-bond acceptors (Lipinski definition) is 2. The molecule has 2 N–H and O–H groups in total. The Morgan fingerprint density at radius 2 is 2.27 bits per heavy atom. The molecule has 2 nitrogen and oxygen atoms in total. The second kappa shape index (κ2) is 5.68. The van der Waals surface area contributed by atoms with Gasteiger partial charge in [-0.2, -0.15) is 0 Å². The summed E-state index contributed by atoms with van der Waals surface area (Å²) in [5.41, 5.74) is 1.44. The number of alkyl halides is 1. The van der Waals surface area contributed by atoms with Crippen LogP contribution in [0.4, 0.5) is 10.1 Å². The van der Waals surface area contributed by atoms with Gasteiger partial charge in [-0.1, -0.05) is 0 Å². The van der Waals surface area contributed by atoms with E-state index >= 15 is 0 Å². The van der Waals surface area contributed by atoms with Crippen LogP contribution in [0.1, 0.15) is 5.56 Å². The highest BCUT2D eigenvalue weighted by Crippen LogP contribution is 2.26. The zero-order valence-corrected chi connectivity index (χ0v) is 10.6. The molecule has 0 amide bonds. The van der Waals surface area contributed by atoms with Crippen LogP contribution in [0.2, 0.25) is 0 Å². The summed E-state index contributed by atoms with van der Waals surface area (Å²) in [5.74, 6) is -0.170. The lowest BCUT2D eigenvalue weighted by Crippen LogP contribution is -2.21. The number of aryl methyl sites for hydroxylation is 1. The third-order valence-electron chi connectivity index (χ3n) is 1.88. The zero-order chi connectivity index (χ0) is 11.4. The Hall–Kier alpha value is -0.320. The summed E-state index contributed by atoms with van der Waals surface area (Å²) < 4.78 is 13.6. The summed E-state index contributed by atoms with van der Waals surface area (Å²) in [4.78, 5) is 0. The molecule has 0 saturated heterocycles. The molecule has 0 bridgehead atoms. The minimum atomic E-state index is -0.637. The molecule has 0 fully saturated rings. The molecule has 15 heavy (non-hydrogen) atoms. The van der Waals surface area contributed by atoms with Gasteiger partial charge in [-0.15, -0.1) is 11.6 Å². The smallest absolute Gasteiger partial charge is 0.139 e. The number of anilines is 1. The quantitative estimate of drug-likeness (QED) is 0.837. The monoisotopic (exact) mass is 295 g/mol. The van der Waals surface area contributed by atoms with Gasteiger partial charge in [-0.3, -0.25) is 0 Å². The van der Waals surface area contributed by atoms with Gasteiger partial charge in [0.2, 0.25) is 0 Å². The molecule has 0 saturated carbocycles. The first kappa shape index (κ1) is 12.7. The molecule has 5 heteroatoms. The molecule has 0 aliphatic carbocycles. The Bertz CT molecular complexity index is 348. The van der Waals surface area contributed by atoms with Crippen LogP contribution in [0.15, 0.2) is 16.6 Å². The molecule has 1 unspecified atom stereocenters. The second-order valence-electron chi connectivity index (χ2n) is 3.30. The van der Waals surface area contributed by atoms with Crippen LogP contribution in [-0.2, 0) is 0 Å². The van der Waals surface area contributed by atoms with Gasteiger partial charge >= 0.3 is 0 Å². The van der Waals surface area contributed by atoms with Crippen molar-refractivity contribution in [3.05, 3.63) is 28.0 Å². The fourth-order valence-electron chi connectivity index (χ4n) is 1.14. The number of aliphatic hydroxyl groups excluding tert-OH is 1. The maximum atomic E-state index is 13.3. The van der Waals surface area contributed by atoms with Crippen LogP contribution in [0, 0.1) is 12.7 Å². The molecule has 0 heterocycles. The molecule has 1 rings (SSSR count). The lowest BCUT2D eigenvalue weighted by molar-refractivity contribution is 0.211. The van der Waals surface area contributed by atoms with Crippen molar-refractivity contribution in [3.63, 3.8) is 0 Å². The topological polar surface area (TPSA) is 32.3 Å². The van der Waals surface area contributed by atoms with Crippen molar-refractivity contribution >= 4 is 33.2 Å². The van der Waals surface area contributed by atoms with Crippen LogP contribution in [0.3, 0.4) is 0 Å². The van der Waals surface area contributed by atoms with E-state index in [0.717, 1.165) is 5.56 Å². The molecule has 84 valence electrons. The highest BCUT2D eigenvalue weighted by Gasteiger charge is 2.08. The standard InChI is InChI=1S/C10H12BrClFNO/c1-6-2-8(13)10(11)9(3-6)14-5-7(15)4-12/h2-3,7,14-15H,4-5H2,1H3. The fourth-order valence-corrected chi connectivity index (χ4v) is 1.61. The Morgan fingerprint density at radius 1 is 1.60 bits per heavy atom. The highest BCUT2D eigenvalue weighted by molar-refractivity contribution is 9.10. The Morgan fingerprint density at radius 3 is 2.87 bits per heavy atom. The van der Waals surface area contributed by atoms with E-state index < -0.39 is 6.10 Å². The summed E-state index contributed by atoms with van der Waals surface area (Å²) in [6.45, 7) is 2.10. The molecule has 0 spiro atoms. The Labute approximate surface area is 102 Å². The van der Waals surface area contributed by atoms with Gasteiger partial charge in [-0.05, 0) is 40.5 Å². The summed E-state index contributed by atoms with van der Waals surface area (Å²) in [6.07, 6.45) is -0.637. The highest BCUT2D eigenvalue weighted by atomic mass is 79.9. The SMILES string of the molecule is Cc1cc(F)c(Br)c(NCC(O)CCl)c1. The normalized spacial score (nSPS) is 12.6. The predicted molar refractivity (Wildman–Crippen MR) is 64.1 cm³/mol. The number of hydrogen-bond donors (Lipinski definition) is 2. The molecular formula is C10H12BrClFNO. The molecule has 0 radical (unpaired) electrons. The van der Waals surface area contributed by atoms with Crippen molar-refractivity contribution in [3.8, 4) is 0 Å². The summed E-state index contributed by atoms with van der Waals surface area (Å²) in [7, 11) is 0. The van der Waals surface area contributed by atoms with E-state index in [1.807, 2.05) is 0 Å². The van der Waals surface area contributed by atoms with Crippen molar-refractivity contribution in [1.82, 2.24) is 0 Å². The van der Waals surface area contributed by atoms with E-state index in [9.17, 15) is 9.50 Å². The number of halogens is 3. The van der Waals surface area contributed by atoms with Gasteiger partial charge in [0.1, 0.15) is 5.82 Å². The second-order valence-corrected chi connectivity index (χ2v) is 4.40. The van der Waals surface area contributed by atoms with Crippen molar-refractivity contribution in [2.24, 2.45) is 0 Å². The van der Waals surface area contributed by atoms with Crippen LogP contribution in [0.5, 0.6) is 0 Å². The largest absolute Gasteiger partial charge is 0.390 e. The average Bonchev–Trinajstić information content (AvgIpc) is 2.20. The Balaban J connectivity index is 2.76. The zero-order valence-electron chi connectivity index (χ0n) is 8.23. The number of aliphatic hydroxyl groups is 1. The van der Waals surface area contributed by atoms with Crippen LogP contribution < -0.4 is 5.32 Å². The van der Waals surface area contributed by atoms with Gasteiger partial charge in [-0.25, -0.2) is 4.39 Å². The molecular weight excluding hydrogens is 284 g/mol. The molecule has 0 aliphatic rings. The van der Waals surface area contributed by atoms with E-state index in [1.54, 1.807) is 13.0 Å². The lowest BCUT2D eigenvalue weighted by atomic mass is 10.2. The third-order valence-corrected chi connectivity index (χ3v) is 3.04. The van der Waals surface area contributed by atoms with Gasteiger partial charge in [0.15, 0.2) is 0 Å². The average molecular weight is 297 g/mol. The molecule has 1 atom stereocenters. The molecule has 0 aliphatic heterocycles. The predicted octanol–water partition coefficient (Wildman–Crippen LogP) is 2.91. The first-order chi connectivity index (χ1) is 7.04. The maximum absolute atomic E-state index is 13.3. The van der Waals surface area contributed by atoms with Crippen LogP contribution in [0.25, 0.3) is 0 Å². The van der Waals surface area contributed by atoms with Crippen molar-refractivity contribution in [2.75, 3.05) is 17.7 Å². The van der Waals surface area contributed by atoms with E-state index in [2.05, 4.69) is 21.2 Å². The maximum Gasteiger partial charge on any atom is 0.139 e. The van der Waals surface area contributed by atoms with Crippen molar-refractivity contribution < 1.29 is 9.50 Å². The van der Waals surface area contributed by atoms with Gasteiger partial charge in [0.05, 0.1) is 22.1 Å². The van der Waals surface area contributed by atoms with Crippen LogP contribution in [-0.4, -0.2) is 23.6 Å². The first-order valence-electron chi connectivity index (χ1n) is 4.48. The Kier molecular flexibility index (Phi) is 4.83. The number of benzene rings is 1. The minimum absolute atomic E-state index is 0.152. The van der Waals surface area contributed by atoms with E-state index in [0.29, 0.717) is 16.7 Å². The van der Waals surface area contributed by atoms with Gasteiger partial charge < -0.3 is 10.4 Å². The fraction of sp³-hybridized carbons (Fsp3) is 0.400. The lowest BCUT2D eigenvalue weighted by Gasteiger charge is -2.12. The summed E-state index contributed by atoms with van der Waals surface area (Å²) >= 11 is 8.58. The summed E-state index contributed by atoms with van der Waals surface area (Å²) in [5, 5.41) is 12.2. The molecule has 0 aromatic heterocycles. The van der Waals surface area contributed by atoms with Gasteiger partial charge in [0, 0.05) is 6.54 Å². The minimum Gasteiger partial charge on any atom is -0.390 e. The summed E-state index contributed by atoms with van der Waals surface area (Å²) in [6, 6.07) is 3.24. The number of nitrogens with one attached hydrogen (secondary N) is 1. The first-order valence-corrected chi connectivity index (χ1v) is 5.81. The van der Waals surface area contributed by atoms with Gasteiger partial charge in [0.25, 0.3) is 0 Å². The van der Waals surface area contributed by atoms with E-state index in [1.165, 1.54) is 6.07 Å². The van der Waals surface area contributed by atoms with Crippen molar-refractivity contribution in [2.45, 2.75) is 13.0 Å². The third kappa shape index (κ3) is 3.63. The van der Waals surface area contributed by atoms with E-state index in [4.69, 9.17) is 11.6 Å². The van der Waals surface area contributed by atoms with Crippen molar-refractivity contribution in [1.29, 1.82) is 0 Å². The molecule has 1 aromatic rings. The van der Waals surface area contributed by atoms with E-state index in [-0.39, 0.29) is 11.7 Å². The molecule has 1 aromatic carbocycles. The van der Waals surface area contributed by atoms with Crippen LogP contribution >= 0.6 is 27.5 Å². The number of rotatable bonds is 4.